The zero-order chi connectivity index (χ0) is 18.8. The number of aromatic nitrogens is 2. The highest BCUT2D eigenvalue weighted by atomic mass is 16.1. The number of nitrogens with zero attached hydrogens (tertiary/aromatic N) is 4. The summed E-state index contributed by atoms with van der Waals surface area (Å²) in [5, 5.41) is 0. The van der Waals surface area contributed by atoms with Crippen LogP contribution in [0.2, 0.25) is 0 Å². The van der Waals surface area contributed by atoms with Gasteiger partial charge in [-0.2, -0.15) is 0 Å². The first-order valence-electron chi connectivity index (χ1n) is 9.64. The number of anilines is 2. The van der Waals surface area contributed by atoms with Crippen LogP contribution in [0.1, 0.15) is 49.1 Å². The van der Waals surface area contributed by atoms with Crippen molar-refractivity contribution >= 4 is 11.6 Å². The first-order valence-corrected chi connectivity index (χ1v) is 9.64. The molecule has 0 bridgehead atoms. The lowest BCUT2D eigenvalue weighted by molar-refractivity contribution is 0.195. The summed E-state index contributed by atoms with van der Waals surface area (Å²) in [6.07, 6.45) is 3.00. The predicted octanol–water partition coefficient (Wildman–Crippen LogP) is 3.90. The molecule has 0 radical (unpaired) electrons. The normalized spacial score (nSPS) is 14.6. The molecule has 2 aromatic rings. The Balaban J connectivity index is 2.16. The van der Waals surface area contributed by atoms with Crippen LogP contribution in [0.5, 0.6) is 0 Å². The van der Waals surface area contributed by atoms with Crippen molar-refractivity contribution in [3.8, 4) is 0 Å². The lowest BCUT2D eigenvalue weighted by Gasteiger charge is -2.39. The minimum atomic E-state index is 0.103. The summed E-state index contributed by atoms with van der Waals surface area (Å²) in [6.45, 7) is 12.8. The van der Waals surface area contributed by atoms with Crippen LogP contribution in [0.4, 0.5) is 11.6 Å². The number of rotatable bonds is 5. The van der Waals surface area contributed by atoms with Gasteiger partial charge < -0.3 is 0 Å². The molecule has 0 spiro atoms. The van der Waals surface area contributed by atoms with E-state index in [0.717, 1.165) is 55.4 Å². The first-order chi connectivity index (χ1) is 12.5. The molecule has 0 unspecified atom stereocenters. The number of hydrogen-bond donors (Lipinski definition) is 0. The highest BCUT2D eigenvalue weighted by molar-refractivity contribution is 5.64. The van der Waals surface area contributed by atoms with Crippen LogP contribution in [0.25, 0.3) is 0 Å². The van der Waals surface area contributed by atoms with Crippen LogP contribution in [0.15, 0.2) is 23.0 Å². The monoisotopic (exact) mass is 354 g/mol. The van der Waals surface area contributed by atoms with Gasteiger partial charge in [0, 0.05) is 23.5 Å². The summed E-state index contributed by atoms with van der Waals surface area (Å²) in [4.78, 5) is 22.5. The average molecular weight is 354 g/mol. The van der Waals surface area contributed by atoms with Gasteiger partial charge in [0.15, 0.2) is 0 Å². The fraction of sp³-hybridized carbons (Fsp3) is 0.524. The Bertz CT molecular complexity index is 856. The minimum absolute atomic E-state index is 0.103. The Morgan fingerprint density at radius 3 is 2.58 bits per heavy atom. The zero-order valence-corrected chi connectivity index (χ0v) is 16.7. The molecule has 26 heavy (non-hydrogen) atoms. The third-order valence-corrected chi connectivity index (χ3v) is 5.42. The Labute approximate surface area is 156 Å². The standard InChI is InChI=1S/C21H30N4O/c1-6-8-12-23-13-24(19-11-9-10-15(3)16(19)4)21-22-17(5)18(7-2)20(26)25(21)14-23/h9-11H,6-8,12-14H2,1-5H3. The van der Waals surface area contributed by atoms with E-state index in [1.165, 1.54) is 11.1 Å². The lowest BCUT2D eigenvalue weighted by atomic mass is 10.1. The van der Waals surface area contributed by atoms with Crippen molar-refractivity contribution in [2.45, 2.75) is 60.5 Å². The summed E-state index contributed by atoms with van der Waals surface area (Å²) >= 11 is 0. The molecule has 0 amide bonds. The molecule has 0 aliphatic carbocycles. The van der Waals surface area contributed by atoms with Gasteiger partial charge in [0.05, 0.1) is 13.3 Å². The largest absolute Gasteiger partial charge is 0.298 e. The fourth-order valence-corrected chi connectivity index (χ4v) is 3.67. The van der Waals surface area contributed by atoms with Crippen molar-refractivity contribution < 1.29 is 0 Å². The molecule has 5 heteroatoms. The summed E-state index contributed by atoms with van der Waals surface area (Å²) < 4.78 is 1.85. The van der Waals surface area contributed by atoms with Crippen molar-refractivity contribution in [2.24, 2.45) is 0 Å². The smallest absolute Gasteiger partial charge is 0.259 e. The lowest BCUT2D eigenvalue weighted by Crippen LogP contribution is -2.48. The SMILES string of the molecule is CCCCN1CN(c2cccc(C)c2C)c2nc(C)c(CC)c(=O)n2C1. The zero-order valence-electron chi connectivity index (χ0n) is 16.7. The number of aryl methyl sites for hydroxylation is 2. The van der Waals surface area contributed by atoms with E-state index in [1.54, 1.807) is 0 Å². The molecule has 1 aliphatic heterocycles. The van der Waals surface area contributed by atoms with Crippen molar-refractivity contribution in [3.05, 3.63) is 50.9 Å². The Kier molecular flexibility index (Phi) is 5.47. The maximum Gasteiger partial charge on any atom is 0.259 e. The van der Waals surface area contributed by atoms with Gasteiger partial charge in [0.1, 0.15) is 0 Å². The van der Waals surface area contributed by atoms with Gasteiger partial charge in [0.25, 0.3) is 5.56 Å². The summed E-state index contributed by atoms with van der Waals surface area (Å²) in [7, 11) is 0. The van der Waals surface area contributed by atoms with Gasteiger partial charge in [-0.1, -0.05) is 32.4 Å². The Hall–Kier alpha value is -2.14. The second-order valence-corrected chi connectivity index (χ2v) is 7.24. The Morgan fingerprint density at radius 2 is 1.88 bits per heavy atom. The second-order valence-electron chi connectivity index (χ2n) is 7.24. The molecule has 0 N–H and O–H groups in total. The van der Waals surface area contributed by atoms with Crippen molar-refractivity contribution in [3.63, 3.8) is 0 Å². The molecule has 2 heterocycles. The third kappa shape index (κ3) is 3.28. The molecule has 0 saturated carbocycles. The number of fused-ring (bicyclic) bond motifs is 1. The van der Waals surface area contributed by atoms with Crippen molar-refractivity contribution in [1.29, 1.82) is 0 Å². The summed E-state index contributed by atoms with van der Waals surface area (Å²) in [6, 6.07) is 6.34. The summed E-state index contributed by atoms with van der Waals surface area (Å²) in [5.41, 5.74) is 5.40. The molecule has 1 aromatic heterocycles. The van der Waals surface area contributed by atoms with E-state index in [1.807, 2.05) is 18.4 Å². The second kappa shape index (κ2) is 7.62. The van der Waals surface area contributed by atoms with Crippen LogP contribution in [-0.2, 0) is 13.1 Å². The molecule has 0 atom stereocenters. The molecule has 140 valence electrons. The van der Waals surface area contributed by atoms with Crippen molar-refractivity contribution in [2.75, 3.05) is 18.1 Å². The molecular weight excluding hydrogens is 324 g/mol. The van der Waals surface area contributed by atoms with E-state index in [-0.39, 0.29) is 5.56 Å². The van der Waals surface area contributed by atoms with Gasteiger partial charge >= 0.3 is 0 Å². The molecule has 1 aromatic carbocycles. The predicted molar refractivity (Wildman–Crippen MR) is 107 cm³/mol. The van der Waals surface area contributed by atoms with Crippen LogP contribution >= 0.6 is 0 Å². The Morgan fingerprint density at radius 1 is 1.12 bits per heavy atom. The van der Waals surface area contributed by atoms with Gasteiger partial charge in [-0.3, -0.25) is 19.2 Å². The third-order valence-electron chi connectivity index (χ3n) is 5.42. The van der Waals surface area contributed by atoms with Gasteiger partial charge in [-0.05, 0) is 50.8 Å². The van der Waals surface area contributed by atoms with E-state index in [0.29, 0.717) is 6.67 Å². The van der Waals surface area contributed by atoms with E-state index in [4.69, 9.17) is 4.98 Å². The minimum Gasteiger partial charge on any atom is -0.298 e. The fourth-order valence-electron chi connectivity index (χ4n) is 3.67. The number of hydrogen-bond acceptors (Lipinski definition) is 4. The molecule has 0 saturated heterocycles. The average Bonchev–Trinajstić information content (AvgIpc) is 2.62. The quantitative estimate of drug-likeness (QED) is 0.817. The van der Waals surface area contributed by atoms with E-state index in [9.17, 15) is 4.79 Å². The van der Waals surface area contributed by atoms with Crippen molar-refractivity contribution in [1.82, 2.24) is 14.5 Å². The topological polar surface area (TPSA) is 41.4 Å². The van der Waals surface area contributed by atoms with Crippen LogP contribution < -0.4 is 10.5 Å². The number of benzene rings is 1. The molecular formula is C21H30N4O. The molecule has 3 rings (SSSR count). The highest BCUT2D eigenvalue weighted by Crippen LogP contribution is 2.31. The van der Waals surface area contributed by atoms with E-state index in [2.05, 4.69) is 48.8 Å². The van der Waals surface area contributed by atoms with Gasteiger partial charge in [0.2, 0.25) is 5.95 Å². The maximum absolute atomic E-state index is 13.1. The molecule has 1 aliphatic rings. The first kappa shape index (κ1) is 18.6. The molecule has 5 nitrogen and oxygen atoms in total. The number of unbranched alkanes of at least 4 members (excludes halogenated alkanes) is 1. The summed E-state index contributed by atoms with van der Waals surface area (Å²) in [5.74, 6) is 0.770. The molecule has 0 fully saturated rings. The van der Waals surface area contributed by atoms with Crippen LogP contribution in [0, 0.1) is 20.8 Å². The van der Waals surface area contributed by atoms with Crippen LogP contribution in [-0.4, -0.2) is 27.7 Å². The van der Waals surface area contributed by atoms with E-state index < -0.39 is 0 Å². The van der Waals surface area contributed by atoms with E-state index >= 15 is 0 Å². The van der Waals surface area contributed by atoms with Gasteiger partial charge in [-0.15, -0.1) is 0 Å². The highest BCUT2D eigenvalue weighted by Gasteiger charge is 2.28. The van der Waals surface area contributed by atoms with Gasteiger partial charge in [-0.25, -0.2) is 4.98 Å². The maximum atomic E-state index is 13.1. The van der Waals surface area contributed by atoms with Crippen LogP contribution in [0.3, 0.4) is 0 Å².